The number of anilines is 1. The van der Waals surface area contributed by atoms with E-state index < -0.39 is 0 Å². The van der Waals surface area contributed by atoms with Crippen LogP contribution in [0.1, 0.15) is 29.9 Å². The van der Waals surface area contributed by atoms with Gasteiger partial charge in [0.1, 0.15) is 13.7 Å². The number of piperidine rings is 1. The minimum absolute atomic E-state index is 0.368. The summed E-state index contributed by atoms with van der Waals surface area (Å²) < 4.78 is 1.92. The molecular weight excluding hydrogens is 489 g/mol. The monoisotopic (exact) mass is 519 g/mol. The number of hydrogen-bond acceptors (Lipinski definition) is 4. The SMILES string of the molecule is Bc1cnn2c(NC3CCN(CC(c4ccccc4)c4ccccc4)CC3)cc(-c3ccccc3Cl)nc12. The summed E-state index contributed by atoms with van der Waals surface area (Å²) >= 11 is 6.53. The largest absolute Gasteiger partial charge is 0.367 e. The van der Waals surface area contributed by atoms with Gasteiger partial charge >= 0.3 is 0 Å². The fraction of sp³-hybridized carbons (Fsp3) is 0.226. The van der Waals surface area contributed by atoms with Crippen LogP contribution in [0.2, 0.25) is 5.02 Å². The van der Waals surface area contributed by atoms with Gasteiger partial charge in [0.25, 0.3) is 0 Å². The van der Waals surface area contributed by atoms with Crippen LogP contribution in [-0.4, -0.2) is 53.0 Å². The van der Waals surface area contributed by atoms with Crippen molar-refractivity contribution in [1.82, 2.24) is 19.5 Å². The molecule has 1 N–H and O–H groups in total. The first-order valence-electron chi connectivity index (χ1n) is 13.3. The molecule has 6 rings (SSSR count). The van der Waals surface area contributed by atoms with Gasteiger partial charge in [0.2, 0.25) is 0 Å². The van der Waals surface area contributed by atoms with Gasteiger partial charge in [-0.1, -0.05) is 90.5 Å². The molecule has 7 heteroatoms. The van der Waals surface area contributed by atoms with Crippen LogP contribution < -0.4 is 10.8 Å². The quantitative estimate of drug-likeness (QED) is 0.307. The first-order valence-corrected chi connectivity index (χ1v) is 13.7. The molecule has 0 atom stereocenters. The predicted octanol–water partition coefficient (Wildman–Crippen LogP) is 5.02. The lowest BCUT2D eigenvalue weighted by molar-refractivity contribution is 0.213. The number of fused-ring (bicyclic) bond motifs is 1. The summed E-state index contributed by atoms with van der Waals surface area (Å²) in [6, 6.07) is 32.1. The standard InChI is InChI=1S/C31H31BClN5/c32-27-20-34-38-30(19-29(36-31(27)38)25-13-7-8-14-28(25)33)35-24-15-17-37(18-16-24)21-26(22-9-3-1-4-10-22)23-11-5-2-6-12-23/h1-14,19-20,24,26,35H,15-18,21,32H2. The van der Waals surface area contributed by atoms with Crippen LogP contribution in [0.25, 0.3) is 16.9 Å². The van der Waals surface area contributed by atoms with E-state index in [9.17, 15) is 0 Å². The molecule has 5 aromatic rings. The lowest BCUT2D eigenvalue weighted by Crippen LogP contribution is -2.41. The third-order valence-electron chi connectivity index (χ3n) is 7.58. The van der Waals surface area contributed by atoms with E-state index in [-0.39, 0.29) is 0 Å². The first-order chi connectivity index (χ1) is 18.7. The van der Waals surface area contributed by atoms with Crippen molar-refractivity contribution in [3.05, 3.63) is 113 Å². The molecular formula is C31H31BClN5. The van der Waals surface area contributed by atoms with Gasteiger partial charge in [0.15, 0.2) is 5.65 Å². The Kier molecular flexibility index (Phi) is 7.17. The minimum Gasteiger partial charge on any atom is -0.367 e. The highest BCUT2D eigenvalue weighted by atomic mass is 35.5. The topological polar surface area (TPSA) is 45.5 Å². The molecule has 5 nitrogen and oxygen atoms in total. The number of aromatic nitrogens is 3. The minimum atomic E-state index is 0.368. The first kappa shape index (κ1) is 24.7. The maximum absolute atomic E-state index is 6.53. The Bertz CT molecular complexity index is 1470. The summed E-state index contributed by atoms with van der Waals surface area (Å²) in [5, 5.41) is 9.11. The molecule has 38 heavy (non-hydrogen) atoms. The molecule has 0 bridgehead atoms. The van der Waals surface area contributed by atoms with Crippen molar-refractivity contribution in [1.29, 1.82) is 0 Å². The summed E-state index contributed by atoms with van der Waals surface area (Å²) in [4.78, 5) is 7.50. The van der Waals surface area contributed by atoms with E-state index in [0.29, 0.717) is 17.0 Å². The second-order valence-electron chi connectivity index (χ2n) is 10.2. The van der Waals surface area contributed by atoms with Gasteiger partial charge in [-0.3, -0.25) is 0 Å². The molecule has 3 heterocycles. The number of likely N-dealkylation sites (tertiary alicyclic amines) is 1. The van der Waals surface area contributed by atoms with Crippen molar-refractivity contribution in [3.63, 3.8) is 0 Å². The van der Waals surface area contributed by atoms with Crippen LogP contribution in [0, 0.1) is 0 Å². The number of hydrogen-bond donors (Lipinski definition) is 1. The third kappa shape index (κ3) is 5.20. The number of rotatable bonds is 7. The zero-order chi connectivity index (χ0) is 25.9. The predicted molar refractivity (Wildman–Crippen MR) is 159 cm³/mol. The molecule has 0 unspecified atom stereocenters. The van der Waals surface area contributed by atoms with Crippen LogP contribution >= 0.6 is 11.6 Å². The van der Waals surface area contributed by atoms with Crippen molar-refractivity contribution in [2.24, 2.45) is 0 Å². The van der Waals surface area contributed by atoms with E-state index in [1.165, 1.54) is 11.1 Å². The highest BCUT2D eigenvalue weighted by Gasteiger charge is 2.24. The van der Waals surface area contributed by atoms with Crippen LogP contribution in [-0.2, 0) is 0 Å². The van der Waals surface area contributed by atoms with Crippen molar-refractivity contribution in [2.45, 2.75) is 24.8 Å². The van der Waals surface area contributed by atoms with Gasteiger partial charge in [-0.2, -0.15) is 9.61 Å². The molecule has 1 aliphatic rings. The molecule has 1 fully saturated rings. The molecule has 0 aliphatic carbocycles. The molecule has 190 valence electrons. The average molecular weight is 520 g/mol. The summed E-state index contributed by atoms with van der Waals surface area (Å²) in [6.45, 7) is 3.13. The maximum atomic E-state index is 6.53. The second kappa shape index (κ2) is 11.0. The number of halogens is 1. The summed E-state index contributed by atoms with van der Waals surface area (Å²) in [5.41, 5.74) is 6.45. The highest BCUT2D eigenvalue weighted by molar-refractivity contribution is 6.36. The zero-order valence-electron chi connectivity index (χ0n) is 21.6. The van der Waals surface area contributed by atoms with E-state index in [0.717, 1.165) is 60.7 Å². The molecule has 3 aromatic carbocycles. The van der Waals surface area contributed by atoms with Crippen molar-refractivity contribution >= 4 is 36.4 Å². The average Bonchev–Trinajstić information content (AvgIpc) is 3.34. The molecule has 2 aromatic heterocycles. The van der Waals surface area contributed by atoms with Gasteiger partial charge < -0.3 is 10.2 Å². The number of nitrogens with one attached hydrogen (secondary N) is 1. The maximum Gasteiger partial charge on any atom is 0.151 e. The third-order valence-corrected chi connectivity index (χ3v) is 7.91. The lowest BCUT2D eigenvalue weighted by atomic mass is 9.90. The van der Waals surface area contributed by atoms with Gasteiger partial charge in [-0.15, -0.1) is 0 Å². The van der Waals surface area contributed by atoms with Crippen molar-refractivity contribution in [3.8, 4) is 11.3 Å². The van der Waals surface area contributed by atoms with Crippen LogP contribution in [0.4, 0.5) is 5.82 Å². The Morgan fingerprint density at radius 2 is 1.53 bits per heavy atom. The van der Waals surface area contributed by atoms with Crippen LogP contribution in [0.5, 0.6) is 0 Å². The fourth-order valence-electron chi connectivity index (χ4n) is 5.48. The second-order valence-corrected chi connectivity index (χ2v) is 10.6. The van der Waals surface area contributed by atoms with Crippen molar-refractivity contribution in [2.75, 3.05) is 25.0 Å². The molecule has 0 amide bonds. The Balaban J connectivity index is 1.19. The molecule has 1 saturated heterocycles. The highest BCUT2D eigenvalue weighted by Crippen LogP contribution is 2.30. The summed E-state index contributed by atoms with van der Waals surface area (Å²) in [7, 11) is 2.05. The summed E-state index contributed by atoms with van der Waals surface area (Å²) in [5.74, 6) is 1.33. The van der Waals surface area contributed by atoms with Gasteiger partial charge in [0.05, 0.1) is 5.69 Å². The van der Waals surface area contributed by atoms with E-state index in [2.05, 4.69) is 82.0 Å². The smallest absolute Gasteiger partial charge is 0.151 e. The molecule has 0 saturated carbocycles. The lowest BCUT2D eigenvalue weighted by Gasteiger charge is -2.35. The molecule has 0 radical (unpaired) electrons. The van der Waals surface area contributed by atoms with Crippen LogP contribution in [0.15, 0.2) is 97.2 Å². The Hall–Kier alpha value is -3.61. The Morgan fingerprint density at radius 3 is 2.18 bits per heavy atom. The van der Waals surface area contributed by atoms with Crippen LogP contribution in [0.3, 0.4) is 0 Å². The van der Waals surface area contributed by atoms with E-state index in [1.54, 1.807) is 0 Å². The van der Waals surface area contributed by atoms with Gasteiger partial charge in [-0.05, 0) is 35.5 Å². The normalized spacial score (nSPS) is 14.8. The fourth-order valence-corrected chi connectivity index (χ4v) is 5.72. The van der Waals surface area contributed by atoms with Gasteiger partial charge in [0, 0.05) is 54.4 Å². The van der Waals surface area contributed by atoms with E-state index >= 15 is 0 Å². The molecule has 1 aliphatic heterocycles. The Labute approximate surface area is 229 Å². The van der Waals surface area contributed by atoms with E-state index in [1.807, 2.05) is 42.8 Å². The molecule has 0 spiro atoms. The van der Waals surface area contributed by atoms with Gasteiger partial charge in [-0.25, -0.2) is 4.98 Å². The zero-order valence-corrected chi connectivity index (χ0v) is 22.4. The Morgan fingerprint density at radius 1 is 0.895 bits per heavy atom. The van der Waals surface area contributed by atoms with Crippen molar-refractivity contribution < 1.29 is 0 Å². The number of nitrogens with zero attached hydrogens (tertiary/aromatic N) is 4. The summed E-state index contributed by atoms with van der Waals surface area (Å²) in [6.07, 6.45) is 4.02. The number of benzene rings is 3. The van der Waals surface area contributed by atoms with E-state index in [4.69, 9.17) is 16.6 Å².